The molecule has 0 bridgehead atoms. The van der Waals surface area contributed by atoms with E-state index >= 15 is 0 Å². The summed E-state index contributed by atoms with van der Waals surface area (Å²) in [7, 11) is 0. The normalized spacial score (nSPS) is 14.2. The van der Waals surface area contributed by atoms with Crippen molar-refractivity contribution in [2.45, 2.75) is 19.0 Å². The number of hydrogen-bond acceptors (Lipinski definition) is 6. The Labute approximate surface area is 184 Å². The molecular weight excluding hydrogens is 455 g/mol. The summed E-state index contributed by atoms with van der Waals surface area (Å²) < 4.78 is 31.7. The summed E-state index contributed by atoms with van der Waals surface area (Å²) in [4.78, 5) is 44.0. The van der Waals surface area contributed by atoms with E-state index in [2.05, 4.69) is 29.8 Å². The average Bonchev–Trinajstić information content (AvgIpc) is 3.42. The fraction of sp³-hybridized carbons (Fsp3) is 0.389. The summed E-state index contributed by atoms with van der Waals surface area (Å²) in [6.07, 6.45) is 2.74. The highest BCUT2D eigenvalue weighted by Crippen LogP contribution is 2.30. The van der Waals surface area contributed by atoms with E-state index in [1.807, 2.05) is 4.90 Å². The van der Waals surface area contributed by atoms with E-state index in [4.69, 9.17) is 21.5 Å². The topological polar surface area (TPSA) is 131 Å². The van der Waals surface area contributed by atoms with Crippen LogP contribution in [-0.2, 0) is 16.0 Å². The largest absolute Gasteiger partial charge is 0.490 e. The number of alkyl halides is 3. The first-order valence-electron chi connectivity index (χ1n) is 9.44. The van der Waals surface area contributed by atoms with Crippen LogP contribution in [0.2, 0.25) is 5.02 Å². The van der Waals surface area contributed by atoms with Crippen LogP contribution in [0.5, 0.6) is 0 Å². The predicted octanol–water partition coefficient (Wildman–Crippen LogP) is 2.25. The standard InChI is InChI=1S/C16H18ClN7O.C2HF3O2/c17-12-8-19-15-14(12)16(22-10-21-15)24-5-3-23(4-6-24)13(25)2-1-11-7-18-9-20-11;3-2(4,5)1(6)7/h7-10H,1-6H2,(H,18,20)(H,19,21,22);(H,6,7). The number of halogens is 4. The van der Waals surface area contributed by atoms with Gasteiger partial charge in [0.25, 0.3) is 0 Å². The predicted molar refractivity (Wildman–Crippen MR) is 108 cm³/mol. The number of hydrogen-bond donors (Lipinski definition) is 3. The Morgan fingerprint density at radius 3 is 2.44 bits per heavy atom. The van der Waals surface area contributed by atoms with Crippen molar-refractivity contribution in [3.8, 4) is 0 Å². The van der Waals surface area contributed by atoms with E-state index in [-0.39, 0.29) is 5.91 Å². The highest BCUT2D eigenvalue weighted by molar-refractivity contribution is 6.36. The van der Waals surface area contributed by atoms with Gasteiger partial charge in [-0.15, -0.1) is 0 Å². The number of aromatic nitrogens is 5. The molecule has 4 heterocycles. The maximum Gasteiger partial charge on any atom is 0.490 e. The number of aromatic amines is 2. The van der Waals surface area contributed by atoms with Crippen LogP contribution >= 0.6 is 11.6 Å². The van der Waals surface area contributed by atoms with E-state index < -0.39 is 12.1 Å². The monoisotopic (exact) mass is 473 g/mol. The molecule has 10 nitrogen and oxygen atoms in total. The molecule has 0 aromatic carbocycles. The van der Waals surface area contributed by atoms with Crippen molar-refractivity contribution in [2.75, 3.05) is 31.1 Å². The molecular formula is C18H19ClF3N7O3. The Morgan fingerprint density at radius 1 is 1.16 bits per heavy atom. The number of carboxylic acid groups (broad SMARTS) is 1. The third-order valence-corrected chi connectivity index (χ3v) is 5.04. The van der Waals surface area contributed by atoms with Gasteiger partial charge < -0.3 is 24.9 Å². The van der Waals surface area contributed by atoms with Gasteiger partial charge in [-0.1, -0.05) is 11.6 Å². The Morgan fingerprint density at radius 2 is 1.84 bits per heavy atom. The fourth-order valence-electron chi connectivity index (χ4n) is 3.14. The summed E-state index contributed by atoms with van der Waals surface area (Å²) in [6, 6.07) is 0. The number of nitrogens with one attached hydrogen (secondary N) is 2. The minimum absolute atomic E-state index is 0.168. The lowest BCUT2D eigenvalue weighted by molar-refractivity contribution is -0.192. The first-order valence-corrected chi connectivity index (χ1v) is 9.82. The van der Waals surface area contributed by atoms with Gasteiger partial charge in [0.05, 0.1) is 16.7 Å². The van der Waals surface area contributed by atoms with Crippen LogP contribution in [0.25, 0.3) is 11.0 Å². The molecule has 3 N–H and O–H groups in total. The Bertz CT molecular complexity index is 1060. The molecule has 0 atom stereocenters. The number of fused-ring (bicyclic) bond motifs is 1. The summed E-state index contributed by atoms with van der Waals surface area (Å²) in [6.45, 7) is 2.80. The summed E-state index contributed by atoms with van der Waals surface area (Å²) in [5, 5.41) is 8.58. The minimum Gasteiger partial charge on any atom is -0.475 e. The molecule has 1 amide bonds. The second kappa shape index (κ2) is 9.85. The van der Waals surface area contributed by atoms with Gasteiger partial charge in [-0.25, -0.2) is 19.7 Å². The summed E-state index contributed by atoms with van der Waals surface area (Å²) >= 11 is 6.26. The molecule has 3 aromatic rings. The van der Waals surface area contributed by atoms with Gasteiger partial charge in [0.1, 0.15) is 17.8 Å². The van der Waals surface area contributed by atoms with Crippen LogP contribution in [0.4, 0.5) is 19.0 Å². The lowest BCUT2D eigenvalue weighted by atomic mass is 10.2. The lowest BCUT2D eigenvalue weighted by Gasteiger charge is -2.35. The quantitative estimate of drug-likeness (QED) is 0.529. The van der Waals surface area contributed by atoms with Crippen LogP contribution < -0.4 is 4.90 Å². The highest BCUT2D eigenvalue weighted by Gasteiger charge is 2.38. The molecule has 172 valence electrons. The fourth-order valence-corrected chi connectivity index (χ4v) is 3.37. The van der Waals surface area contributed by atoms with E-state index in [0.29, 0.717) is 31.0 Å². The Kier molecular flexibility index (Phi) is 7.18. The van der Waals surface area contributed by atoms with E-state index in [0.717, 1.165) is 35.6 Å². The number of aliphatic carboxylic acids is 1. The van der Waals surface area contributed by atoms with Crippen molar-refractivity contribution in [3.05, 3.63) is 35.8 Å². The minimum atomic E-state index is -5.08. The number of nitrogens with zero attached hydrogens (tertiary/aromatic N) is 5. The van der Waals surface area contributed by atoms with Crippen molar-refractivity contribution in [3.63, 3.8) is 0 Å². The van der Waals surface area contributed by atoms with Crippen molar-refractivity contribution >= 4 is 40.3 Å². The van der Waals surface area contributed by atoms with Gasteiger partial charge in [-0.05, 0) is 6.42 Å². The second-order valence-electron chi connectivity index (χ2n) is 6.81. The molecule has 0 aliphatic carbocycles. The van der Waals surface area contributed by atoms with Gasteiger partial charge >= 0.3 is 12.1 Å². The number of carbonyl (C=O) groups is 2. The number of rotatable bonds is 4. The Hall–Kier alpha value is -3.35. The molecule has 14 heteroatoms. The first-order chi connectivity index (χ1) is 15.2. The molecule has 0 unspecified atom stereocenters. The molecule has 1 fully saturated rings. The molecule has 3 aromatic heterocycles. The molecule has 0 spiro atoms. The van der Waals surface area contributed by atoms with Crippen LogP contribution in [0.15, 0.2) is 25.0 Å². The van der Waals surface area contributed by atoms with Gasteiger partial charge in [0, 0.05) is 50.7 Å². The molecule has 32 heavy (non-hydrogen) atoms. The number of carboxylic acids is 1. The molecule has 0 saturated carbocycles. The SMILES string of the molecule is O=C(CCc1cnc[nH]1)N1CCN(c2ncnc3[nH]cc(Cl)c23)CC1.O=C(O)C(F)(F)F. The number of anilines is 1. The van der Waals surface area contributed by atoms with Crippen LogP contribution in [-0.4, -0.2) is 79.2 Å². The zero-order valence-electron chi connectivity index (χ0n) is 16.6. The smallest absolute Gasteiger partial charge is 0.475 e. The first kappa shape index (κ1) is 23.3. The van der Waals surface area contributed by atoms with Crippen molar-refractivity contribution < 1.29 is 27.9 Å². The zero-order chi connectivity index (χ0) is 23.3. The van der Waals surface area contributed by atoms with Crippen molar-refractivity contribution in [2.24, 2.45) is 0 Å². The van der Waals surface area contributed by atoms with Crippen molar-refractivity contribution in [1.82, 2.24) is 29.8 Å². The van der Waals surface area contributed by atoms with E-state index in [9.17, 15) is 18.0 Å². The molecule has 4 rings (SSSR count). The number of carbonyl (C=O) groups excluding carboxylic acids is 1. The van der Waals surface area contributed by atoms with E-state index in [1.54, 1.807) is 18.7 Å². The number of imidazole rings is 1. The maximum atomic E-state index is 12.4. The Balaban J connectivity index is 0.000000360. The lowest BCUT2D eigenvalue weighted by Crippen LogP contribution is -2.49. The molecule has 0 radical (unpaired) electrons. The molecule has 1 aliphatic heterocycles. The number of amides is 1. The summed E-state index contributed by atoms with van der Waals surface area (Å²) in [5.41, 5.74) is 1.71. The summed E-state index contributed by atoms with van der Waals surface area (Å²) in [5.74, 6) is -1.77. The van der Waals surface area contributed by atoms with Gasteiger partial charge in [0.2, 0.25) is 5.91 Å². The third-order valence-electron chi connectivity index (χ3n) is 4.74. The zero-order valence-corrected chi connectivity index (χ0v) is 17.3. The van der Waals surface area contributed by atoms with Crippen LogP contribution in [0.1, 0.15) is 12.1 Å². The van der Waals surface area contributed by atoms with Gasteiger partial charge in [-0.3, -0.25) is 4.79 Å². The maximum absolute atomic E-state index is 12.4. The average molecular weight is 474 g/mol. The van der Waals surface area contributed by atoms with Crippen molar-refractivity contribution in [1.29, 1.82) is 0 Å². The molecule has 1 aliphatic rings. The highest BCUT2D eigenvalue weighted by atomic mass is 35.5. The van der Waals surface area contributed by atoms with Crippen LogP contribution in [0.3, 0.4) is 0 Å². The second-order valence-corrected chi connectivity index (χ2v) is 7.21. The van der Waals surface area contributed by atoms with E-state index in [1.165, 1.54) is 6.33 Å². The van der Waals surface area contributed by atoms with Gasteiger partial charge in [0.15, 0.2) is 0 Å². The number of piperazine rings is 1. The third kappa shape index (κ3) is 5.66. The van der Waals surface area contributed by atoms with Crippen LogP contribution in [0, 0.1) is 0 Å². The van der Waals surface area contributed by atoms with Gasteiger partial charge in [-0.2, -0.15) is 13.2 Å². The number of H-pyrrole nitrogens is 2. The molecule has 1 saturated heterocycles. The number of aryl methyl sites for hydroxylation is 1.